The molecule has 5 nitrogen and oxygen atoms in total. The summed E-state index contributed by atoms with van der Waals surface area (Å²) in [5, 5.41) is 11.9. The molecule has 0 saturated carbocycles. The fourth-order valence-corrected chi connectivity index (χ4v) is 3.32. The maximum absolute atomic E-state index is 11.9. The Balaban J connectivity index is 1.90. The van der Waals surface area contributed by atoms with E-state index in [4.69, 9.17) is 5.11 Å². The van der Waals surface area contributed by atoms with Crippen molar-refractivity contribution in [1.82, 2.24) is 10.2 Å². The molecule has 0 aromatic heterocycles. The monoisotopic (exact) mass is 244 g/mol. The summed E-state index contributed by atoms with van der Waals surface area (Å²) in [7, 11) is 0. The molecule has 0 bridgehead atoms. The highest BCUT2D eigenvalue weighted by Crippen LogP contribution is 2.20. The summed E-state index contributed by atoms with van der Waals surface area (Å²) in [6.45, 7) is 0.558. The number of carboxylic acids is 1. The lowest BCUT2D eigenvalue weighted by Crippen LogP contribution is -2.49. The van der Waals surface area contributed by atoms with Crippen LogP contribution in [-0.2, 0) is 4.79 Å². The zero-order valence-electron chi connectivity index (χ0n) is 9.02. The van der Waals surface area contributed by atoms with Crippen LogP contribution in [-0.4, -0.2) is 52.1 Å². The topological polar surface area (TPSA) is 69.6 Å². The van der Waals surface area contributed by atoms with Gasteiger partial charge in [0, 0.05) is 18.3 Å². The highest BCUT2D eigenvalue weighted by Gasteiger charge is 2.34. The van der Waals surface area contributed by atoms with Crippen molar-refractivity contribution in [1.29, 1.82) is 0 Å². The van der Waals surface area contributed by atoms with Gasteiger partial charge in [-0.25, -0.2) is 9.59 Å². The van der Waals surface area contributed by atoms with E-state index < -0.39 is 12.0 Å². The smallest absolute Gasteiger partial charge is 0.326 e. The molecule has 2 aliphatic heterocycles. The average Bonchev–Trinajstić information content (AvgIpc) is 2.86. The molecule has 2 N–H and O–H groups in total. The number of rotatable bonds is 2. The fraction of sp³-hybridized carbons (Fsp3) is 0.800. The summed E-state index contributed by atoms with van der Waals surface area (Å²) in [6.07, 6.45) is 2.34. The number of carbonyl (C=O) groups is 2. The number of carboxylic acid groups (broad SMARTS) is 1. The quantitative estimate of drug-likeness (QED) is 0.752. The Bertz CT molecular complexity index is 292. The molecule has 0 spiro atoms. The van der Waals surface area contributed by atoms with Crippen molar-refractivity contribution in [3.05, 3.63) is 0 Å². The first-order valence-corrected chi connectivity index (χ1v) is 6.71. The molecular formula is C10H16N2O3S. The zero-order chi connectivity index (χ0) is 11.5. The second-order valence-electron chi connectivity index (χ2n) is 4.20. The van der Waals surface area contributed by atoms with Crippen LogP contribution in [0, 0.1) is 0 Å². The summed E-state index contributed by atoms with van der Waals surface area (Å²) in [6, 6.07) is -0.626. The summed E-state index contributed by atoms with van der Waals surface area (Å²) < 4.78 is 0. The van der Waals surface area contributed by atoms with Crippen molar-refractivity contribution in [2.24, 2.45) is 0 Å². The third-order valence-electron chi connectivity index (χ3n) is 3.06. The Hall–Kier alpha value is -0.910. The molecule has 2 amide bonds. The minimum Gasteiger partial charge on any atom is -0.480 e. The van der Waals surface area contributed by atoms with Crippen LogP contribution in [0.15, 0.2) is 0 Å². The van der Waals surface area contributed by atoms with Gasteiger partial charge in [0.15, 0.2) is 0 Å². The molecule has 16 heavy (non-hydrogen) atoms. The second-order valence-corrected chi connectivity index (χ2v) is 5.35. The van der Waals surface area contributed by atoms with E-state index in [9.17, 15) is 9.59 Å². The van der Waals surface area contributed by atoms with Gasteiger partial charge in [-0.15, -0.1) is 0 Å². The summed E-state index contributed by atoms with van der Waals surface area (Å²) in [5.41, 5.74) is 0. The van der Waals surface area contributed by atoms with E-state index in [-0.39, 0.29) is 12.1 Å². The van der Waals surface area contributed by atoms with Gasteiger partial charge in [0.2, 0.25) is 0 Å². The van der Waals surface area contributed by atoms with E-state index in [1.807, 2.05) is 11.8 Å². The van der Waals surface area contributed by atoms with E-state index in [0.29, 0.717) is 13.0 Å². The van der Waals surface area contributed by atoms with Gasteiger partial charge in [-0.05, 0) is 25.0 Å². The van der Waals surface area contributed by atoms with E-state index >= 15 is 0 Å². The average molecular weight is 244 g/mol. The molecule has 0 aromatic carbocycles. The molecule has 2 aliphatic rings. The van der Waals surface area contributed by atoms with Crippen LogP contribution in [0.3, 0.4) is 0 Å². The highest BCUT2D eigenvalue weighted by atomic mass is 32.2. The van der Waals surface area contributed by atoms with Crippen LogP contribution in [0.4, 0.5) is 4.79 Å². The van der Waals surface area contributed by atoms with Gasteiger partial charge in [-0.1, -0.05) is 0 Å². The number of likely N-dealkylation sites (tertiary alicyclic amines) is 1. The van der Waals surface area contributed by atoms with Crippen molar-refractivity contribution in [3.8, 4) is 0 Å². The van der Waals surface area contributed by atoms with Crippen molar-refractivity contribution in [2.75, 3.05) is 18.1 Å². The van der Waals surface area contributed by atoms with E-state index in [1.54, 1.807) is 0 Å². The molecule has 2 saturated heterocycles. The third-order valence-corrected chi connectivity index (χ3v) is 4.22. The number of thioether (sulfide) groups is 1. The number of aliphatic carboxylic acids is 1. The number of carbonyl (C=O) groups excluding carboxylic acids is 1. The van der Waals surface area contributed by atoms with Crippen molar-refractivity contribution < 1.29 is 14.7 Å². The van der Waals surface area contributed by atoms with Crippen LogP contribution in [0.2, 0.25) is 0 Å². The number of hydrogen-bond acceptors (Lipinski definition) is 3. The number of hydrogen-bond donors (Lipinski definition) is 2. The number of amides is 2. The van der Waals surface area contributed by atoms with E-state index in [1.165, 1.54) is 4.90 Å². The molecule has 6 heteroatoms. The van der Waals surface area contributed by atoms with Crippen LogP contribution < -0.4 is 5.32 Å². The lowest BCUT2D eigenvalue weighted by atomic mass is 10.2. The number of nitrogens with zero attached hydrogens (tertiary/aromatic N) is 1. The molecule has 90 valence electrons. The molecule has 0 aliphatic carbocycles. The molecular weight excluding hydrogens is 228 g/mol. The Morgan fingerprint density at radius 2 is 2.19 bits per heavy atom. The van der Waals surface area contributed by atoms with Gasteiger partial charge in [-0.2, -0.15) is 11.8 Å². The molecule has 2 atom stereocenters. The first-order chi connectivity index (χ1) is 7.68. The largest absolute Gasteiger partial charge is 0.480 e. The van der Waals surface area contributed by atoms with Crippen molar-refractivity contribution >= 4 is 23.8 Å². The van der Waals surface area contributed by atoms with Gasteiger partial charge in [-0.3, -0.25) is 0 Å². The summed E-state index contributed by atoms with van der Waals surface area (Å²) in [4.78, 5) is 24.2. The predicted molar refractivity (Wildman–Crippen MR) is 61.6 cm³/mol. The fourth-order valence-electron chi connectivity index (χ4n) is 2.17. The Labute approximate surface area is 98.6 Å². The Morgan fingerprint density at radius 3 is 2.81 bits per heavy atom. The number of nitrogens with one attached hydrogen (secondary N) is 1. The minimum atomic E-state index is -0.895. The first-order valence-electron chi connectivity index (χ1n) is 5.56. The maximum Gasteiger partial charge on any atom is 0.326 e. The normalized spacial score (nSPS) is 29.4. The molecule has 1 unspecified atom stereocenters. The minimum absolute atomic E-state index is 0.211. The van der Waals surface area contributed by atoms with Gasteiger partial charge < -0.3 is 15.3 Å². The SMILES string of the molecule is O=C(O)[C@@H]1CCCN1C(=O)NC1CCSC1. The zero-order valence-corrected chi connectivity index (χ0v) is 9.83. The summed E-state index contributed by atoms with van der Waals surface area (Å²) >= 11 is 1.82. The molecule has 0 radical (unpaired) electrons. The lowest BCUT2D eigenvalue weighted by Gasteiger charge is -2.23. The van der Waals surface area contributed by atoms with E-state index in [2.05, 4.69) is 5.32 Å². The maximum atomic E-state index is 11.9. The second kappa shape index (κ2) is 4.95. The molecule has 2 rings (SSSR count). The Kier molecular flexibility index (Phi) is 3.58. The standard InChI is InChI=1S/C10H16N2O3S/c13-9(14)8-2-1-4-12(8)10(15)11-7-3-5-16-6-7/h7-8H,1-6H2,(H,11,15)(H,13,14)/t7?,8-/m0/s1. The molecule has 2 fully saturated rings. The lowest BCUT2D eigenvalue weighted by molar-refractivity contribution is -0.141. The first kappa shape index (κ1) is 11.6. The van der Waals surface area contributed by atoms with Gasteiger partial charge in [0.05, 0.1) is 0 Å². The summed E-state index contributed by atoms with van der Waals surface area (Å²) in [5.74, 6) is 1.12. The predicted octanol–water partition coefficient (Wildman–Crippen LogP) is 0.751. The van der Waals surface area contributed by atoms with Gasteiger partial charge in [0.25, 0.3) is 0 Å². The van der Waals surface area contributed by atoms with Crippen LogP contribution >= 0.6 is 11.8 Å². The van der Waals surface area contributed by atoms with Gasteiger partial charge >= 0.3 is 12.0 Å². The third kappa shape index (κ3) is 2.42. The number of urea groups is 1. The Morgan fingerprint density at radius 1 is 1.38 bits per heavy atom. The van der Waals surface area contributed by atoms with Crippen LogP contribution in [0.5, 0.6) is 0 Å². The van der Waals surface area contributed by atoms with Crippen molar-refractivity contribution in [2.45, 2.75) is 31.3 Å². The molecule has 2 heterocycles. The van der Waals surface area contributed by atoms with Crippen LogP contribution in [0.25, 0.3) is 0 Å². The van der Waals surface area contributed by atoms with Crippen molar-refractivity contribution in [3.63, 3.8) is 0 Å². The molecule has 0 aromatic rings. The van der Waals surface area contributed by atoms with Crippen LogP contribution in [0.1, 0.15) is 19.3 Å². The van der Waals surface area contributed by atoms with Gasteiger partial charge in [0.1, 0.15) is 6.04 Å². The highest BCUT2D eigenvalue weighted by molar-refractivity contribution is 7.99. The van der Waals surface area contributed by atoms with E-state index in [0.717, 1.165) is 24.3 Å².